The number of ether oxygens (including phenoxy) is 1. The molecule has 6 nitrogen and oxygen atoms in total. The van der Waals surface area contributed by atoms with Crippen molar-refractivity contribution in [3.05, 3.63) is 36.0 Å². The van der Waals surface area contributed by atoms with Crippen LogP contribution in [-0.2, 0) is 11.3 Å². The zero-order valence-electron chi connectivity index (χ0n) is 13.4. The lowest BCUT2D eigenvalue weighted by atomic mass is 10.1. The van der Waals surface area contributed by atoms with E-state index in [0.29, 0.717) is 19.0 Å². The van der Waals surface area contributed by atoms with Crippen molar-refractivity contribution >= 4 is 5.97 Å². The van der Waals surface area contributed by atoms with Crippen molar-refractivity contribution in [3.8, 4) is 5.88 Å². The van der Waals surface area contributed by atoms with Gasteiger partial charge in [-0.2, -0.15) is 0 Å². The van der Waals surface area contributed by atoms with Crippen LogP contribution in [0, 0.1) is 0 Å². The molecule has 1 fully saturated rings. The SMILES string of the molecule is O=C(O)CNC/C=C\COc1cc(CN2CCCCC2)ccn1. The molecule has 0 saturated carbocycles. The molecule has 23 heavy (non-hydrogen) atoms. The molecule has 1 aliphatic rings. The van der Waals surface area contributed by atoms with Gasteiger partial charge in [-0.15, -0.1) is 0 Å². The largest absolute Gasteiger partial charge is 0.480 e. The topological polar surface area (TPSA) is 74.7 Å². The number of pyridine rings is 1. The maximum absolute atomic E-state index is 10.3. The Morgan fingerprint density at radius 1 is 1.35 bits per heavy atom. The highest BCUT2D eigenvalue weighted by Gasteiger charge is 2.10. The monoisotopic (exact) mass is 319 g/mol. The summed E-state index contributed by atoms with van der Waals surface area (Å²) < 4.78 is 5.60. The second-order valence-electron chi connectivity index (χ2n) is 5.65. The minimum absolute atomic E-state index is 0.0364. The van der Waals surface area contributed by atoms with Crippen LogP contribution >= 0.6 is 0 Å². The van der Waals surface area contributed by atoms with Gasteiger partial charge in [0.15, 0.2) is 0 Å². The highest BCUT2D eigenvalue weighted by atomic mass is 16.5. The van der Waals surface area contributed by atoms with Crippen LogP contribution in [0.25, 0.3) is 0 Å². The van der Waals surface area contributed by atoms with Crippen molar-refractivity contribution in [2.75, 3.05) is 32.8 Å². The first-order chi connectivity index (χ1) is 11.2. The maximum atomic E-state index is 10.3. The van der Waals surface area contributed by atoms with Crippen molar-refractivity contribution in [3.63, 3.8) is 0 Å². The molecule has 0 aromatic carbocycles. The molecular weight excluding hydrogens is 294 g/mol. The second kappa shape index (κ2) is 9.97. The van der Waals surface area contributed by atoms with Crippen LogP contribution in [0.5, 0.6) is 5.88 Å². The summed E-state index contributed by atoms with van der Waals surface area (Å²) in [6.07, 6.45) is 9.40. The number of carboxylic acid groups (broad SMARTS) is 1. The van der Waals surface area contributed by atoms with Gasteiger partial charge in [0.25, 0.3) is 0 Å². The number of carboxylic acids is 1. The molecule has 1 saturated heterocycles. The Hall–Kier alpha value is -1.92. The molecular formula is C17H25N3O3. The Kier molecular flexibility index (Phi) is 7.56. The molecule has 126 valence electrons. The summed E-state index contributed by atoms with van der Waals surface area (Å²) in [5.74, 6) is -0.230. The highest BCUT2D eigenvalue weighted by Crippen LogP contribution is 2.15. The van der Waals surface area contributed by atoms with E-state index in [4.69, 9.17) is 9.84 Å². The summed E-state index contributed by atoms with van der Waals surface area (Å²) in [5, 5.41) is 11.3. The Balaban J connectivity index is 1.69. The number of nitrogens with zero attached hydrogens (tertiary/aromatic N) is 2. The van der Waals surface area contributed by atoms with E-state index in [-0.39, 0.29) is 6.54 Å². The predicted molar refractivity (Wildman–Crippen MR) is 88.5 cm³/mol. The standard InChI is InChI=1S/C17H25N3O3/c21-17(22)13-18-7-2-5-11-23-16-12-15(6-8-19-16)14-20-9-3-1-4-10-20/h2,5-6,8,12,18H,1,3-4,7,9-11,13-14H2,(H,21,22)/b5-2-. The van der Waals surface area contributed by atoms with Crippen LogP contribution in [-0.4, -0.2) is 53.7 Å². The van der Waals surface area contributed by atoms with Gasteiger partial charge in [-0.05, 0) is 37.6 Å². The van der Waals surface area contributed by atoms with Crippen LogP contribution < -0.4 is 10.1 Å². The number of nitrogens with one attached hydrogen (secondary N) is 1. The smallest absolute Gasteiger partial charge is 0.317 e. The molecule has 0 radical (unpaired) electrons. The molecule has 2 N–H and O–H groups in total. The minimum Gasteiger partial charge on any atom is -0.480 e. The van der Waals surface area contributed by atoms with E-state index in [1.54, 1.807) is 6.20 Å². The van der Waals surface area contributed by atoms with Crippen LogP contribution in [0.4, 0.5) is 0 Å². The molecule has 6 heteroatoms. The van der Waals surface area contributed by atoms with Crippen molar-refractivity contribution in [2.45, 2.75) is 25.8 Å². The molecule has 0 amide bonds. The molecule has 1 aromatic heterocycles. The fraction of sp³-hybridized carbons (Fsp3) is 0.529. The Morgan fingerprint density at radius 3 is 2.96 bits per heavy atom. The molecule has 2 heterocycles. The van der Waals surface area contributed by atoms with Crippen LogP contribution in [0.1, 0.15) is 24.8 Å². The lowest BCUT2D eigenvalue weighted by Crippen LogP contribution is -2.29. The lowest BCUT2D eigenvalue weighted by Gasteiger charge is -2.26. The quantitative estimate of drug-likeness (QED) is 0.533. The lowest BCUT2D eigenvalue weighted by molar-refractivity contribution is -0.135. The van der Waals surface area contributed by atoms with Crippen LogP contribution in [0.2, 0.25) is 0 Å². The number of aromatic nitrogens is 1. The molecule has 0 unspecified atom stereocenters. The fourth-order valence-electron chi connectivity index (χ4n) is 2.55. The van der Waals surface area contributed by atoms with Gasteiger partial charge in [0.2, 0.25) is 5.88 Å². The van der Waals surface area contributed by atoms with E-state index in [1.807, 2.05) is 24.3 Å². The van der Waals surface area contributed by atoms with Gasteiger partial charge in [0, 0.05) is 25.4 Å². The predicted octanol–water partition coefficient (Wildman–Crippen LogP) is 1.68. The number of likely N-dealkylation sites (tertiary alicyclic amines) is 1. The summed E-state index contributed by atoms with van der Waals surface area (Å²) in [5.41, 5.74) is 1.23. The average Bonchev–Trinajstić information content (AvgIpc) is 2.55. The van der Waals surface area contributed by atoms with E-state index >= 15 is 0 Å². The summed E-state index contributed by atoms with van der Waals surface area (Å²) in [7, 11) is 0. The zero-order chi connectivity index (χ0) is 16.3. The molecule has 0 spiro atoms. The van der Waals surface area contributed by atoms with Gasteiger partial charge in [-0.3, -0.25) is 9.69 Å². The van der Waals surface area contributed by atoms with E-state index in [9.17, 15) is 4.79 Å². The Bertz CT molecular complexity index is 514. The van der Waals surface area contributed by atoms with Crippen molar-refractivity contribution in [1.29, 1.82) is 0 Å². The fourth-order valence-corrected chi connectivity index (χ4v) is 2.55. The number of hydrogen-bond donors (Lipinski definition) is 2. The van der Waals surface area contributed by atoms with Gasteiger partial charge in [0.1, 0.15) is 6.61 Å². The molecule has 2 rings (SSSR count). The number of rotatable bonds is 9. The molecule has 1 aliphatic heterocycles. The van der Waals surface area contributed by atoms with Gasteiger partial charge in [-0.1, -0.05) is 18.6 Å². The van der Waals surface area contributed by atoms with Gasteiger partial charge >= 0.3 is 5.97 Å². The number of hydrogen-bond acceptors (Lipinski definition) is 5. The third-order valence-corrected chi connectivity index (χ3v) is 3.69. The summed E-state index contributed by atoms with van der Waals surface area (Å²) in [6.45, 7) is 4.20. The van der Waals surface area contributed by atoms with Gasteiger partial charge < -0.3 is 15.2 Å². The summed E-state index contributed by atoms with van der Waals surface area (Å²) >= 11 is 0. The first-order valence-corrected chi connectivity index (χ1v) is 8.11. The zero-order valence-corrected chi connectivity index (χ0v) is 13.4. The van der Waals surface area contributed by atoms with Crippen LogP contribution in [0.15, 0.2) is 30.5 Å². The van der Waals surface area contributed by atoms with Crippen LogP contribution in [0.3, 0.4) is 0 Å². The summed E-state index contributed by atoms with van der Waals surface area (Å²) in [6, 6.07) is 4.03. The Labute approximate surface area is 137 Å². The first-order valence-electron chi connectivity index (χ1n) is 8.11. The minimum atomic E-state index is -0.857. The van der Waals surface area contributed by atoms with Gasteiger partial charge in [0.05, 0.1) is 6.54 Å². The average molecular weight is 319 g/mol. The molecule has 0 atom stereocenters. The van der Waals surface area contributed by atoms with E-state index in [0.717, 1.165) is 6.54 Å². The van der Waals surface area contributed by atoms with Gasteiger partial charge in [-0.25, -0.2) is 4.98 Å². The third kappa shape index (κ3) is 7.25. The van der Waals surface area contributed by atoms with E-state index in [2.05, 4.69) is 15.2 Å². The first kappa shape index (κ1) is 17.4. The van der Waals surface area contributed by atoms with E-state index in [1.165, 1.54) is 37.9 Å². The third-order valence-electron chi connectivity index (χ3n) is 3.69. The van der Waals surface area contributed by atoms with Crippen molar-refractivity contribution in [2.24, 2.45) is 0 Å². The highest BCUT2D eigenvalue weighted by molar-refractivity contribution is 5.69. The molecule has 0 bridgehead atoms. The maximum Gasteiger partial charge on any atom is 0.317 e. The molecule has 1 aromatic rings. The Morgan fingerprint density at radius 2 is 2.17 bits per heavy atom. The molecule has 0 aliphatic carbocycles. The van der Waals surface area contributed by atoms with Crippen molar-refractivity contribution in [1.82, 2.24) is 15.2 Å². The number of piperidine rings is 1. The van der Waals surface area contributed by atoms with E-state index < -0.39 is 5.97 Å². The number of carbonyl (C=O) groups is 1. The number of aliphatic carboxylic acids is 1. The second-order valence-corrected chi connectivity index (χ2v) is 5.65. The normalized spacial score (nSPS) is 15.8. The summed E-state index contributed by atoms with van der Waals surface area (Å²) in [4.78, 5) is 17.0. The van der Waals surface area contributed by atoms with Crippen molar-refractivity contribution < 1.29 is 14.6 Å².